The maximum absolute atomic E-state index is 13.5. The summed E-state index contributed by atoms with van der Waals surface area (Å²) in [6.07, 6.45) is 0.914. The third kappa shape index (κ3) is 2.84. The van der Waals surface area contributed by atoms with E-state index in [4.69, 9.17) is 5.73 Å². The van der Waals surface area contributed by atoms with Crippen LogP contribution >= 0.6 is 27.3 Å². The fraction of sp³-hybridized carbons (Fsp3) is 0.231. The van der Waals surface area contributed by atoms with Crippen molar-refractivity contribution >= 4 is 38.6 Å². The molecule has 0 aliphatic heterocycles. The highest BCUT2D eigenvalue weighted by Crippen LogP contribution is 2.31. The van der Waals surface area contributed by atoms with E-state index in [1.54, 1.807) is 17.4 Å². The number of anilines is 2. The van der Waals surface area contributed by atoms with Gasteiger partial charge in [-0.1, -0.05) is 13.0 Å². The van der Waals surface area contributed by atoms with Gasteiger partial charge in [-0.25, -0.2) is 4.39 Å². The van der Waals surface area contributed by atoms with E-state index in [1.807, 2.05) is 11.4 Å². The molecule has 0 saturated heterocycles. The highest BCUT2D eigenvalue weighted by Gasteiger charge is 2.13. The first-order chi connectivity index (χ1) is 8.61. The smallest absolute Gasteiger partial charge is 0.139 e. The fourth-order valence-electron chi connectivity index (χ4n) is 1.74. The molecule has 1 heterocycles. The topological polar surface area (TPSA) is 38.0 Å². The molecule has 0 fully saturated rings. The third-order valence-corrected chi connectivity index (χ3v) is 4.31. The lowest BCUT2D eigenvalue weighted by Crippen LogP contribution is -2.10. The molecule has 0 spiro atoms. The Hall–Kier alpha value is -1.07. The Morgan fingerprint density at radius 2 is 2.28 bits per heavy atom. The van der Waals surface area contributed by atoms with Gasteiger partial charge < -0.3 is 11.1 Å². The number of nitrogen functional groups attached to an aromatic ring is 1. The van der Waals surface area contributed by atoms with Crippen LogP contribution in [0.25, 0.3) is 0 Å². The maximum Gasteiger partial charge on any atom is 0.139 e. The van der Waals surface area contributed by atoms with E-state index in [2.05, 4.69) is 34.2 Å². The van der Waals surface area contributed by atoms with Gasteiger partial charge in [0.05, 0.1) is 21.9 Å². The molecule has 0 aliphatic rings. The molecule has 0 radical (unpaired) electrons. The van der Waals surface area contributed by atoms with E-state index in [1.165, 1.54) is 10.9 Å². The molecule has 3 N–H and O–H groups in total. The van der Waals surface area contributed by atoms with Crippen LogP contribution < -0.4 is 11.1 Å². The van der Waals surface area contributed by atoms with Crippen molar-refractivity contribution in [3.05, 3.63) is 44.8 Å². The fourth-order valence-corrected chi connectivity index (χ4v) is 2.96. The van der Waals surface area contributed by atoms with Crippen LogP contribution in [0.2, 0.25) is 0 Å². The Balaban J connectivity index is 2.25. The predicted octanol–water partition coefficient (Wildman–Crippen LogP) is 4.80. The zero-order valence-electron chi connectivity index (χ0n) is 9.91. The van der Waals surface area contributed by atoms with Crippen molar-refractivity contribution < 1.29 is 4.39 Å². The van der Waals surface area contributed by atoms with Crippen LogP contribution in [0.3, 0.4) is 0 Å². The first-order valence-corrected chi connectivity index (χ1v) is 7.33. The molecule has 1 aromatic carbocycles. The molecule has 1 aromatic heterocycles. The minimum absolute atomic E-state index is 0.160. The van der Waals surface area contributed by atoms with Gasteiger partial charge in [-0.15, -0.1) is 11.3 Å². The Morgan fingerprint density at radius 3 is 2.89 bits per heavy atom. The number of benzene rings is 1. The number of halogens is 2. The van der Waals surface area contributed by atoms with Crippen LogP contribution in [0.15, 0.2) is 34.1 Å². The van der Waals surface area contributed by atoms with Gasteiger partial charge in [0.25, 0.3) is 0 Å². The quantitative estimate of drug-likeness (QED) is 0.791. The van der Waals surface area contributed by atoms with Crippen molar-refractivity contribution in [3.8, 4) is 0 Å². The maximum atomic E-state index is 13.5. The Bertz CT molecular complexity index is 528. The van der Waals surface area contributed by atoms with Crippen LogP contribution in [-0.4, -0.2) is 0 Å². The minimum Gasteiger partial charge on any atom is -0.397 e. The molecule has 0 saturated carbocycles. The molecular weight excluding hydrogens is 315 g/mol. The van der Waals surface area contributed by atoms with Gasteiger partial charge in [-0.3, -0.25) is 0 Å². The molecule has 1 unspecified atom stereocenters. The summed E-state index contributed by atoms with van der Waals surface area (Å²) < 4.78 is 13.9. The molecular formula is C13H14BrFN2S. The Morgan fingerprint density at radius 1 is 1.50 bits per heavy atom. The second-order valence-corrected chi connectivity index (χ2v) is 5.81. The van der Waals surface area contributed by atoms with E-state index < -0.39 is 0 Å². The van der Waals surface area contributed by atoms with Crippen LogP contribution in [-0.2, 0) is 0 Å². The second kappa shape index (κ2) is 5.71. The number of hydrogen-bond acceptors (Lipinski definition) is 3. The largest absolute Gasteiger partial charge is 0.397 e. The normalized spacial score (nSPS) is 12.4. The third-order valence-electron chi connectivity index (χ3n) is 2.72. The van der Waals surface area contributed by atoms with Gasteiger partial charge in [-0.2, -0.15) is 0 Å². The average Bonchev–Trinajstić information content (AvgIpc) is 2.85. The van der Waals surface area contributed by atoms with Crippen molar-refractivity contribution in [2.45, 2.75) is 19.4 Å². The standard InChI is InChI=1S/C13H14BrFN2S/c1-2-11(13-4-3-5-18-13)17-12-7-9(15)8(14)6-10(12)16/h3-7,11,17H,2,16H2,1H3. The van der Waals surface area contributed by atoms with Gasteiger partial charge in [0.1, 0.15) is 5.82 Å². The van der Waals surface area contributed by atoms with E-state index in [0.29, 0.717) is 15.8 Å². The highest BCUT2D eigenvalue weighted by molar-refractivity contribution is 9.10. The minimum atomic E-state index is -0.312. The van der Waals surface area contributed by atoms with Crippen LogP contribution in [0.4, 0.5) is 15.8 Å². The van der Waals surface area contributed by atoms with E-state index >= 15 is 0 Å². The molecule has 18 heavy (non-hydrogen) atoms. The van der Waals surface area contributed by atoms with Gasteiger partial charge in [0.15, 0.2) is 0 Å². The number of hydrogen-bond donors (Lipinski definition) is 2. The summed E-state index contributed by atoms with van der Waals surface area (Å²) in [5, 5.41) is 5.32. The van der Waals surface area contributed by atoms with E-state index in [0.717, 1.165) is 6.42 Å². The van der Waals surface area contributed by atoms with Crippen molar-refractivity contribution in [3.63, 3.8) is 0 Å². The van der Waals surface area contributed by atoms with Gasteiger partial charge in [0, 0.05) is 10.9 Å². The highest BCUT2D eigenvalue weighted by atomic mass is 79.9. The Kier molecular flexibility index (Phi) is 4.24. The molecule has 2 aromatic rings. The summed E-state index contributed by atoms with van der Waals surface area (Å²) in [7, 11) is 0. The van der Waals surface area contributed by atoms with Crippen molar-refractivity contribution in [1.29, 1.82) is 0 Å². The molecule has 2 nitrogen and oxygen atoms in total. The number of nitrogens with one attached hydrogen (secondary N) is 1. The first kappa shape index (κ1) is 13.4. The lowest BCUT2D eigenvalue weighted by molar-refractivity contribution is 0.621. The van der Waals surface area contributed by atoms with Crippen molar-refractivity contribution in [1.82, 2.24) is 0 Å². The van der Waals surface area contributed by atoms with Crippen molar-refractivity contribution in [2.24, 2.45) is 0 Å². The van der Waals surface area contributed by atoms with Gasteiger partial charge in [-0.05, 0) is 39.9 Å². The van der Waals surface area contributed by atoms with Gasteiger partial charge >= 0.3 is 0 Å². The lowest BCUT2D eigenvalue weighted by Gasteiger charge is -2.18. The Labute approximate surface area is 118 Å². The molecule has 1 atom stereocenters. The molecule has 5 heteroatoms. The van der Waals surface area contributed by atoms with Gasteiger partial charge in [0.2, 0.25) is 0 Å². The van der Waals surface area contributed by atoms with E-state index in [-0.39, 0.29) is 11.9 Å². The zero-order valence-corrected chi connectivity index (χ0v) is 12.3. The van der Waals surface area contributed by atoms with Crippen molar-refractivity contribution in [2.75, 3.05) is 11.1 Å². The zero-order chi connectivity index (χ0) is 13.1. The molecule has 96 valence electrons. The predicted molar refractivity (Wildman–Crippen MR) is 79.5 cm³/mol. The summed E-state index contributed by atoms with van der Waals surface area (Å²) in [6.45, 7) is 2.09. The number of thiophene rings is 1. The molecule has 0 aliphatic carbocycles. The summed E-state index contributed by atoms with van der Waals surface area (Å²) in [5.74, 6) is -0.312. The molecule has 0 bridgehead atoms. The lowest BCUT2D eigenvalue weighted by atomic mass is 10.1. The number of nitrogens with two attached hydrogens (primary N) is 1. The second-order valence-electron chi connectivity index (χ2n) is 3.97. The monoisotopic (exact) mass is 328 g/mol. The SMILES string of the molecule is CCC(Nc1cc(F)c(Br)cc1N)c1cccs1. The summed E-state index contributed by atoms with van der Waals surface area (Å²) in [5.41, 5.74) is 7.07. The molecule has 0 amide bonds. The average molecular weight is 329 g/mol. The van der Waals surface area contributed by atoms with E-state index in [9.17, 15) is 4.39 Å². The first-order valence-electron chi connectivity index (χ1n) is 5.66. The number of rotatable bonds is 4. The molecule has 2 rings (SSSR count). The van der Waals surface area contributed by atoms with Crippen LogP contribution in [0.5, 0.6) is 0 Å². The summed E-state index contributed by atoms with van der Waals surface area (Å²) in [4.78, 5) is 1.22. The van der Waals surface area contributed by atoms with Crippen LogP contribution in [0.1, 0.15) is 24.3 Å². The summed E-state index contributed by atoms with van der Waals surface area (Å²) in [6, 6.07) is 7.24. The van der Waals surface area contributed by atoms with Crippen LogP contribution in [0, 0.1) is 5.82 Å². The summed E-state index contributed by atoms with van der Waals surface area (Å²) >= 11 is 4.80.